The molecular weight excluding hydrogens is 272 g/mol. The molecule has 0 aliphatic rings. The van der Waals surface area contributed by atoms with Gasteiger partial charge in [0.1, 0.15) is 0 Å². The van der Waals surface area contributed by atoms with Crippen LogP contribution in [0.4, 0.5) is 5.69 Å². The van der Waals surface area contributed by atoms with Crippen LogP contribution in [0.1, 0.15) is 23.7 Å². The van der Waals surface area contributed by atoms with E-state index < -0.39 is 0 Å². The topological polar surface area (TPSA) is 24.9 Å². The molecule has 1 atom stereocenters. The Hall–Kier alpha value is -1.26. The van der Waals surface area contributed by atoms with Gasteiger partial charge in [-0.1, -0.05) is 18.2 Å². The molecular formula is C15H18N2S2. The second-order valence-corrected chi connectivity index (χ2v) is 6.38. The first-order valence-corrected chi connectivity index (χ1v) is 8.08. The Morgan fingerprint density at radius 2 is 2.26 bits per heavy atom. The standard InChI is InChI=1S/C15H18N2S2/c1-4-9-18-15-8-6-5-7-13(15)16-11(2)14-10-19-12(3)17-14/h4-8,10-11,16H,1,9H2,2-3H3. The third-order valence-corrected chi connectivity index (χ3v) is 4.56. The molecule has 0 saturated carbocycles. The van der Waals surface area contributed by atoms with Crippen molar-refractivity contribution < 1.29 is 0 Å². The summed E-state index contributed by atoms with van der Waals surface area (Å²) in [5, 5.41) is 6.76. The van der Waals surface area contributed by atoms with E-state index in [1.165, 1.54) is 4.90 Å². The number of benzene rings is 1. The fraction of sp³-hybridized carbons (Fsp3) is 0.267. The van der Waals surface area contributed by atoms with Crippen LogP contribution in [0, 0.1) is 6.92 Å². The molecule has 1 heterocycles. The molecule has 0 radical (unpaired) electrons. The molecule has 100 valence electrons. The van der Waals surface area contributed by atoms with Gasteiger partial charge >= 0.3 is 0 Å². The zero-order valence-corrected chi connectivity index (χ0v) is 12.9. The summed E-state index contributed by atoms with van der Waals surface area (Å²) in [7, 11) is 0. The molecule has 2 aromatic rings. The molecule has 0 saturated heterocycles. The number of anilines is 1. The summed E-state index contributed by atoms with van der Waals surface area (Å²) in [5.41, 5.74) is 2.26. The van der Waals surface area contributed by atoms with Gasteiger partial charge in [-0.15, -0.1) is 29.7 Å². The summed E-state index contributed by atoms with van der Waals surface area (Å²) in [5.74, 6) is 0.920. The van der Waals surface area contributed by atoms with Gasteiger partial charge in [-0.05, 0) is 26.0 Å². The van der Waals surface area contributed by atoms with Crippen molar-refractivity contribution in [2.75, 3.05) is 11.1 Å². The minimum atomic E-state index is 0.218. The average Bonchev–Trinajstić information content (AvgIpc) is 2.84. The predicted molar refractivity (Wildman–Crippen MR) is 86.3 cm³/mol. The predicted octanol–water partition coefficient (Wildman–Crippen LogP) is 4.90. The second-order valence-electron chi connectivity index (χ2n) is 4.25. The molecule has 1 unspecified atom stereocenters. The highest BCUT2D eigenvalue weighted by molar-refractivity contribution is 7.99. The Kier molecular flexibility index (Phi) is 5.05. The van der Waals surface area contributed by atoms with Gasteiger partial charge in [0.25, 0.3) is 0 Å². The van der Waals surface area contributed by atoms with Crippen molar-refractivity contribution in [3.8, 4) is 0 Å². The average molecular weight is 290 g/mol. The molecule has 19 heavy (non-hydrogen) atoms. The van der Waals surface area contributed by atoms with E-state index in [1.807, 2.05) is 13.0 Å². The smallest absolute Gasteiger partial charge is 0.0898 e. The van der Waals surface area contributed by atoms with Crippen molar-refractivity contribution >= 4 is 28.8 Å². The molecule has 1 aromatic carbocycles. The van der Waals surface area contributed by atoms with Crippen LogP contribution in [0.3, 0.4) is 0 Å². The Morgan fingerprint density at radius 1 is 1.47 bits per heavy atom. The zero-order valence-electron chi connectivity index (χ0n) is 11.2. The molecule has 0 fully saturated rings. The quantitative estimate of drug-likeness (QED) is 0.605. The lowest BCUT2D eigenvalue weighted by atomic mass is 10.2. The van der Waals surface area contributed by atoms with Crippen LogP contribution >= 0.6 is 23.1 Å². The maximum absolute atomic E-state index is 4.53. The molecule has 2 rings (SSSR count). The van der Waals surface area contributed by atoms with Gasteiger partial charge in [0, 0.05) is 21.7 Å². The van der Waals surface area contributed by atoms with Gasteiger partial charge in [-0.25, -0.2) is 4.98 Å². The number of thioether (sulfide) groups is 1. The van der Waals surface area contributed by atoms with E-state index in [2.05, 4.69) is 53.4 Å². The summed E-state index contributed by atoms with van der Waals surface area (Å²) in [6.07, 6.45) is 1.93. The lowest BCUT2D eigenvalue weighted by Gasteiger charge is -2.16. The van der Waals surface area contributed by atoms with Gasteiger partial charge in [-0.2, -0.15) is 0 Å². The van der Waals surface area contributed by atoms with Crippen LogP contribution < -0.4 is 5.32 Å². The van der Waals surface area contributed by atoms with Crippen molar-refractivity contribution in [2.24, 2.45) is 0 Å². The molecule has 0 amide bonds. The van der Waals surface area contributed by atoms with Gasteiger partial charge in [-0.3, -0.25) is 0 Å². The number of nitrogens with zero attached hydrogens (tertiary/aromatic N) is 1. The van der Waals surface area contributed by atoms with Crippen LogP contribution in [0.5, 0.6) is 0 Å². The van der Waals surface area contributed by atoms with E-state index in [0.717, 1.165) is 22.1 Å². The van der Waals surface area contributed by atoms with Crippen molar-refractivity contribution in [1.82, 2.24) is 4.98 Å². The third-order valence-electron chi connectivity index (χ3n) is 2.70. The number of hydrogen-bond acceptors (Lipinski definition) is 4. The minimum Gasteiger partial charge on any atom is -0.376 e. The van der Waals surface area contributed by atoms with Crippen molar-refractivity contribution in [2.45, 2.75) is 24.8 Å². The lowest BCUT2D eigenvalue weighted by molar-refractivity contribution is 0.841. The van der Waals surface area contributed by atoms with Crippen LogP contribution in [-0.4, -0.2) is 10.7 Å². The highest BCUT2D eigenvalue weighted by atomic mass is 32.2. The maximum Gasteiger partial charge on any atom is 0.0898 e. The molecule has 4 heteroatoms. The fourth-order valence-electron chi connectivity index (χ4n) is 1.75. The molecule has 0 aliphatic carbocycles. The Balaban J connectivity index is 2.11. The van der Waals surface area contributed by atoms with E-state index in [9.17, 15) is 0 Å². The highest BCUT2D eigenvalue weighted by Gasteiger charge is 2.10. The van der Waals surface area contributed by atoms with Crippen LogP contribution in [0.15, 0.2) is 47.2 Å². The molecule has 1 N–H and O–H groups in total. The Morgan fingerprint density at radius 3 is 2.95 bits per heavy atom. The van der Waals surface area contributed by atoms with E-state index in [1.54, 1.807) is 23.1 Å². The summed E-state index contributed by atoms with van der Waals surface area (Å²) in [6, 6.07) is 8.58. The first kappa shape index (κ1) is 14.2. The Bertz CT molecular complexity index is 549. The summed E-state index contributed by atoms with van der Waals surface area (Å²) in [6.45, 7) is 7.95. The Labute approximate surface area is 123 Å². The highest BCUT2D eigenvalue weighted by Crippen LogP contribution is 2.30. The summed E-state index contributed by atoms with van der Waals surface area (Å²) < 4.78 is 0. The number of aryl methyl sites for hydroxylation is 1. The number of nitrogens with one attached hydrogen (secondary N) is 1. The monoisotopic (exact) mass is 290 g/mol. The van der Waals surface area contributed by atoms with E-state index in [-0.39, 0.29) is 6.04 Å². The second kappa shape index (κ2) is 6.78. The molecule has 2 nitrogen and oxygen atoms in total. The van der Waals surface area contributed by atoms with Gasteiger partial charge in [0.05, 0.1) is 16.7 Å². The largest absolute Gasteiger partial charge is 0.376 e. The number of para-hydroxylation sites is 1. The molecule has 0 aliphatic heterocycles. The van der Waals surface area contributed by atoms with Crippen LogP contribution in [0.2, 0.25) is 0 Å². The van der Waals surface area contributed by atoms with E-state index in [0.29, 0.717) is 0 Å². The number of rotatable bonds is 6. The van der Waals surface area contributed by atoms with Crippen molar-refractivity contribution in [3.63, 3.8) is 0 Å². The van der Waals surface area contributed by atoms with E-state index in [4.69, 9.17) is 0 Å². The SMILES string of the molecule is C=CCSc1ccccc1NC(C)c1csc(C)n1. The first-order chi connectivity index (χ1) is 9.20. The van der Waals surface area contributed by atoms with Crippen LogP contribution in [0.25, 0.3) is 0 Å². The van der Waals surface area contributed by atoms with Crippen LogP contribution in [-0.2, 0) is 0 Å². The van der Waals surface area contributed by atoms with Gasteiger partial charge in [0.2, 0.25) is 0 Å². The number of hydrogen-bond donors (Lipinski definition) is 1. The van der Waals surface area contributed by atoms with Crippen molar-refractivity contribution in [3.05, 3.63) is 53.0 Å². The lowest BCUT2D eigenvalue weighted by Crippen LogP contribution is -2.07. The summed E-state index contributed by atoms with van der Waals surface area (Å²) >= 11 is 3.48. The maximum atomic E-state index is 4.53. The first-order valence-electron chi connectivity index (χ1n) is 6.22. The molecule has 0 spiro atoms. The van der Waals surface area contributed by atoms with Gasteiger partial charge in [0.15, 0.2) is 0 Å². The number of aromatic nitrogens is 1. The fourth-order valence-corrected chi connectivity index (χ4v) is 3.21. The number of thiazole rings is 1. The minimum absolute atomic E-state index is 0.218. The molecule has 0 bridgehead atoms. The summed E-state index contributed by atoms with van der Waals surface area (Å²) in [4.78, 5) is 5.78. The van der Waals surface area contributed by atoms with Crippen molar-refractivity contribution in [1.29, 1.82) is 0 Å². The van der Waals surface area contributed by atoms with Gasteiger partial charge < -0.3 is 5.32 Å². The van der Waals surface area contributed by atoms with E-state index >= 15 is 0 Å². The third kappa shape index (κ3) is 3.85. The normalized spacial score (nSPS) is 12.1. The zero-order chi connectivity index (χ0) is 13.7. The molecule has 1 aromatic heterocycles.